The molecule has 0 aliphatic carbocycles. The first-order chi connectivity index (χ1) is 8.20. The summed E-state index contributed by atoms with van der Waals surface area (Å²) in [4.78, 5) is 13.3. The van der Waals surface area contributed by atoms with Crippen LogP contribution in [0.5, 0.6) is 0 Å². The molecule has 0 unspecified atom stereocenters. The van der Waals surface area contributed by atoms with E-state index in [1.165, 1.54) is 0 Å². The van der Waals surface area contributed by atoms with Crippen LogP contribution in [-0.2, 0) is 0 Å². The third kappa shape index (κ3) is 9.30. The Balaban J connectivity index is 0. The molecule has 2 nitrogen and oxygen atoms in total. The summed E-state index contributed by atoms with van der Waals surface area (Å²) in [6.45, 7) is 4.00. The second-order valence-corrected chi connectivity index (χ2v) is 3.01. The van der Waals surface area contributed by atoms with Crippen LogP contribution in [-0.4, -0.2) is 32.0 Å². The monoisotopic (exact) mass is 239 g/mol. The number of allylic oxidation sites excluding steroid dienone is 1. The van der Waals surface area contributed by atoms with E-state index >= 15 is 0 Å². The van der Waals surface area contributed by atoms with E-state index in [1.54, 1.807) is 12.3 Å². The summed E-state index contributed by atoms with van der Waals surface area (Å²) in [5, 5.41) is 0. The molecule has 0 atom stereocenters. The van der Waals surface area contributed by atoms with Gasteiger partial charge in [-0.2, -0.15) is 0 Å². The molecule has 96 valence electrons. The van der Waals surface area contributed by atoms with Crippen LogP contribution in [0.15, 0.2) is 42.6 Å². The van der Waals surface area contributed by atoms with Crippen molar-refractivity contribution in [3.63, 3.8) is 0 Å². The van der Waals surface area contributed by atoms with E-state index in [4.69, 9.17) is 0 Å². The molecule has 0 fully saturated rings. The number of hydrogen-bond donors (Lipinski definition) is 0. The van der Waals surface area contributed by atoms with E-state index in [1.807, 2.05) is 63.2 Å². The highest BCUT2D eigenvalue weighted by molar-refractivity contribution is 6.04. The van der Waals surface area contributed by atoms with E-state index in [0.29, 0.717) is 7.18 Å². The van der Waals surface area contributed by atoms with Gasteiger partial charge in [0.2, 0.25) is 0 Å². The van der Waals surface area contributed by atoms with Crippen LogP contribution >= 0.6 is 0 Å². The molecule has 0 spiro atoms. The van der Waals surface area contributed by atoms with Crippen LogP contribution in [0.25, 0.3) is 0 Å². The Hall–Kier alpha value is -1.64. The Bertz CT molecular complexity index is 307. The molecule has 0 aliphatic rings. The number of alkyl halides is 1. The quantitative estimate of drug-likeness (QED) is 0.594. The minimum atomic E-state index is 0.0364. The number of hydrogen-bond acceptors (Lipinski definition) is 2. The summed E-state index contributed by atoms with van der Waals surface area (Å²) >= 11 is 0. The maximum absolute atomic E-state index is 11.4. The predicted octanol–water partition coefficient (Wildman–Crippen LogP) is 3.56. The number of carbonyl (C=O) groups excluding carboxylic acids is 1. The third-order valence-corrected chi connectivity index (χ3v) is 1.58. The summed E-state index contributed by atoms with van der Waals surface area (Å²) in [5.74, 6) is 0.0364. The Morgan fingerprint density at radius 1 is 1.12 bits per heavy atom. The number of rotatable bonds is 3. The highest BCUT2D eigenvalue weighted by Crippen LogP contribution is 2.00. The molecule has 1 aromatic rings. The van der Waals surface area contributed by atoms with E-state index in [9.17, 15) is 9.18 Å². The summed E-state index contributed by atoms with van der Waals surface area (Å²) in [5.41, 5.74) is 0.723. The van der Waals surface area contributed by atoms with Crippen molar-refractivity contribution in [3.8, 4) is 0 Å². The van der Waals surface area contributed by atoms with Gasteiger partial charge in [0.25, 0.3) is 0 Å². The molecule has 0 amide bonds. The molecule has 0 N–H and O–H groups in total. The van der Waals surface area contributed by atoms with Gasteiger partial charge in [0.15, 0.2) is 5.78 Å². The number of nitrogens with zero attached hydrogens (tertiary/aromatic N) is 1. The van der Waals surface area contributed by atoms with E-state index < -0.39 is 0 Å². The molecule has 17 heavy (non-hydrogen) atoms. The second kappa shape index (κ2) is 12.4. The lowest BCUT2D eigenvalue weighted by Gasteiger charge is -2.02. The first kappa shape index (κ1) is 17.7. The van der Waals surface area contributed by atoms with Gasteiger partial charge in [0.05, 0.1) is 7.18 Å². The van der Waals surface area contributed by atoms with Gasteiger partial charge in [-0.15, -0.1) is 0 Å². The summed E-state index contributed by atoms with van der Waals surface area (Å²) in [7, 11) is 4.27. The fourth-order valence-electron chi connectivity index (χ4n) is 0.915. The minimum absolute atomic E-state index is 0.0364. The Morgan fingerprint density at radius 3 is 2.00 bits per heavy atom. The molecule has 1 aromatic carbocycles. The zero-order valence-electron chi connectivity index (χ0n) is 11.3. The van der Waals surface area contributed by atoms with Crippen LogP contribution in [0.1, 0.15) is 24.2 Å². The maximum Gasteiger partial charge on any atom is 0.187 e. The molecule has 1 rings (SSSR count). The largest absolute Gasteiger partial charge is 0.383 e. The zero-order valence-corrected chi connectivity index (χ0v) is 11.3. The summed E-state index contributed by atoms with van der Waals surface area (Å²) in [6, 6.07) is 9.23. The van der Waals surface area contributed by atoms with Crippen molar-refractivity contribution in [2.75, 3.05) is 21.3 Å². The molecule has 0 aliphatic heterocycles. The second-order valence-electron chi connectivity index (χ2n) is 3.01. The normalized spacial score (nSPS) is 8.59. The van der Waals surface area contributed by atoms with Crippen molar-refractivity contribution >= 4 is 5.78 Å². The molecular formula is C14H22FNO. The van der Waals surface area contributed by atoms with Crippen molar-refractivity contribution in [2.24, 2.45) is 0 Å². The van der Waals surface area contributed by atoms with Gasteiger partial charge in [-0.25, -0.2) is 0 Å². The minimum Gasteiger partial charge on any atom is -0.383 e. The molecule has 0 heterocycles. The molecule has 0 aromatic heterocycles. The van der Waals surface area contributed by atoms with Crippen LogP contribution in [0.4, 0.5) is 4.39 Å². The molecular weight excluding hydrogens is 217 g/mol. The topological polar surface area (TPSA) is 20.3 Å². The predicted molar refractivity (Wildman–Crippen MR) is 72.0 cm³/mol. The number of ketones is 1. The summed E-state index contributed by atoms with van der Waals surface area (Å²) < 4.78 is 9.50. The standard InChI is InChI=1S/C11H13NO.C2H6.CH3F/c1-12(2)9-8-11(13)10-6-4-3-5-7-10;2*1-2/h3-9H,1-2H3;1-2H3;1H3/b9-8+;;. The molecule has 0 bridgehead atoms. The molecule has 0 saturated carbocycles. The van der Waals surface area contributed by atoms with Gasteiger partial charge in [-0.3, -0.25) is 9.18 Å². The van der Waals surface area contributed by atoms with Crippen molar-refractivity contribution in [1.29, 1.82) is 0 Å². The molecule has 0 radical (unpaired) electrons. The van der Waals surface area contributed by atoms with Gasteiger partial charge in [-0.05, 0) is 0 Å². The average Bonchev–Trinajstić information content (AvgIpc) is 2.41. The van der Waals surface area contributed by atoms with E-state index in [-0.39, 0.29) is 5.78 Å². The lowest BCUT2D eigenvalue weighted by atomic mass is 10.1. The first-order valence-electron chi connectivity index (χ1n) is 5.52. The van der Waals surface area contributed by atoms with E-state index in [2.05, 4.69) is 0 Å². The van der Waals surface area contributed by atoms with Crippen molar-refractivity contribution in [2.45, 2.75) is 13.8 Å². The highest BCUT2D eigenvalue weighted by Gasteiger charge is 1.98. The van der Waals surface area contributed by atoms with Gasteiger partial charge in [0, 0.05) is 31.9 Å². The highest BCUT2D eigenvalue weighted by atomic mass is 19.1. The van der Waals surface area contributed by atoms with Gasteiger partial charge in [0.1, 0.15) is 0 Å². The SMILES string of the molecule is CC.CF.CN(C)/C=C/C(=O)c1ccccc1. The van der Waals surface area contributed by atoms with Crippen LogP contribution in [0, 0.1) is 0 Å². The fraction of sp³-hybridized carbons (Fsp3) is 0.357. The van der Waals surface area contributed by atoms with Crippen LogP contribution < -0.4 is 0 Å². The Kier molecular flexibility index (Phi) is 13.0. The molecule has 3 heteroatoms. The smallest absolute Gasteiger partial charge is 0.187 e. The zero-order chi connectivity index (χ0) is 13.7. The van der Waals surface area contributed by atoms with E-state index in [0.717, 1.165) is 5.56 Å². The number of benzene rings is 1. The Morgan fingerprint density at radius 2 is 1.59 bits per heavy atom. The van der Waals surface area contributed by atoms with Gasteiger partial charge in [-0.1, -0.05) is 44.2 Å². The Labute approximate surface area is 104 Å². The van der Waals surface area contributed by atoms with Crippen LogP contribution in [0.3, 0.4) is 0 Å². The van der Waals surface area contributed by atoms with Crippen LogP contribution in [0.2, 0.25) is 0 Å². The first-order valence-corrected chi connectivity index (χ1v) is 5.52. The number of halogens is 1. The van der Waals surface area contributed by atoms with Crippen molar-refractivity contribution in [1.82, 2.24) is 4.90 Å². The third-order valence-electron chi connectivity index (χ3n) is 1.58. The lowest BCUT2D eigenvalue weighted by Crippen LogP contribution is -2.02. The van der Waals surface area contributed by atoms with Crippen molar-refractivity contribution < 1.29 is 9.18 Å². The van der Waals surface area contributed by atoms with Gasteiger partial charge < -0.3 is 4.90 Å². The maximum atomic E-state index is 11.4. The fourth-order valence-corrected chi connectivity index (χ4v) is 0.915. The summed E-state index contributed by atoms with van der Waals surface area (Å²) in [6.07, 6.45) is 3.31. The molecule has 0 saturated heterocycles. The van der Waals surface area contributed by atoms with Crippen molar-refractivity contribution in [3.05, 3.63) is 48.2 Å². The lowest BCUT2D eigenvalue weighted by molar-refractivity contribution is 0.104. The number of carbonyl (C=O) groups is 1. The average molecular weight is 239 g/mol. The van der Waals surface area contributed by atoms with Gasteiger partial charge >= 0.3 is 0 Å².